The largest absolute Gasteiger partial charge is 1.00 e. The molecule has 1 atom stereocenters. The third kappa shape index (κ3) is 3.13. The molecule has 0 aliphatic carbocycles. The Morgan fingerprint density at radius 2 is 2.22 bits per heavy atom. The molecule has 0 aromatic carbocycles. The smallest absolute Gasteiger partial charge is 0.341 e. The molecular formula is C16H15ClFN5O4. The molecule has 4 N–H and O–H groups in total. The van der Waals surface area contributed by atoms with Crippen molar-refractivity contribution in [2.24, 2.45) is 0 Å². The fourth-order valence-corrected chi connectivity index (χ4v) is 3.11. The predicted molar refractivity (Wildman–Crippen MR) is 87.8 cm³/mol. The van der Waals surface area contributed by atoms with E-state index in [0.717, 1.165) is 18.7 Å². The van der Waals surface area contributed by atoms with E-state index < -0.39 is 22.8 Å². The lowest BCUT2D eigenvalue weighted by atomic mass is 10.2. The minimum absolute atomic E-state index is 0. The summed E-state index contributed by atoms with van der Waals surface area (Å²) in [7, 11) is 0. The summed E-state index contributed by atoms with van der Waals surface area (Å²) in [6.45, 7) is 1.15. The Bertz CT molecular complexity index is 1070. The van der Waals surface area contributed by atoms with Gasteiger partial charge in [-0.15, -0.1) is 0 Å². The number of carboxylic acid groups (broad SMARTS) is 1. The maximum Gasteiger partial charge on any atom is 0.341 e. The van der Waals surface area contributed by atoms with Gasteiger partial charge in [0.05, 0.1) is 18.1 Å². The summed E-state index contributed by atoms with van der Waals surface area (Å²) in [5.41, 5.74) is 2.75. The highest BCUT2D eigenvalue weighted by atomic mass is 35.5. The highest BCUT2D eigenvalue weighted by Gasteiger charge is 2.27. The van der Waals surface area contributed by atoms with Crippen molar-refractivity contribution in [3.05, 3.63) is 46.1 Å². The normalized spacial score (nSPS) is 16.5. The molecule has 142 valence electrons. The Morgan fingerprint density at radius 3 is 2.81 bits per heavy atom. The van der Waals surface area contributed by atoms with Crippen molar-refractivity contribution in [2.75, 3.05) is 18.0 Å². The maximum absolute atomic E-state index is 14.6. The number of hydrogen-bond donors (Lipinski definition) is 2. The van der Waals surface area contributed by atoms with Crippen LogP contribution in [0, 0.1) is 5.82 Å². The highest BCUT2D eigenvalue weighted by molar-refractivity contribution is 5.92. The Labute approximate surface area is 157 Å². The zero-order valence-corrected chi connectivity index (χ0v) is 14.7. The number of halogens is 2. The van der Waals surface area contributed by atoms with E-state index in [2.05, 4.69) is 15.9 Å². The van der Waals surface area contributed by atoms with E-state index in [1.54, 1.807) is 4.90 Å². The van der Waals surface area contributed by atoms with E-state index in [1.165, 1.54) is 16.8 Å². The SMILES string of the molecule is [Cl-].[NH3+]C1CCN(c2nc3c(cc2F)c(=O)c(C(=O)O)cn3-c2ccno2)C1. The molecule has 1 saturated heterocycles. The molecule has 0 bridgehead atoms. The van der Waals surface area contributed by atoms with Gasteiger partial charge >= 0.3 is 5.97 Å². The van der Waals surface area contributed by atoms with Crippen LogP contribution in [0.5, 0.6) is 0 Å². The lowest BCUT2D eigenvalue weighted by Crippen LogP contribution is -3.00. The number of carbonyl (C=O) groups is 1. The topological polar surface area (TPSA) is 129 Å². The molecule has 1 aliphatic heterocycles. The van der Waals surface area contributed by atoms with E-state index in [9.17, 15) is 19.1 Å². The number of aromatic nitrogens is 3. The van der Waals surface area contributed by atoms with Crippen LogP contribution in [0.15, 0.2) is 33.8 Å². The second-order valence-corrected chi connectivity index (χ2v) is 6.16. The molecule has 1 unspecified atom stereocenters. The third-order valence-corrected chi connectivity index (χ3v) is 4.39. The molecular weight excluding hydrogens is 381 g/mol. The summed E-state index contributed by atoms with van der Waals surface area (Å²) < 4.78 is 21.0. The van der Waals surface area contributed by atoms with Crippen LogP contribution < -0.4 is 28.5 Å². The molecule has 11 heteroatoms. The summed E-state index contributed by atoms with van der Waals surface area (Å²) >= 11 is 0. The molecule has 27 heavy (non-hydrogen) atoms. The monoisotopic (exact) mass is 395 g/mol. The molecule has 1 fully saturated rings. The van der Waals surface area contributed by atoms with Gasteiger partial charge in [0.25, 0.3) is 0 Å². The Hall–Kier alpha value is -2.98. The molecule has 9 nitrogen and oxygen atoms in total. The maximum atomic E-state index is 14.6. The standard InChI is InChI=1S/C16H14FN5O4.ClH/c17-11-5-9-13(23)10(16(24)25)7-22(12-1-3-19-26-12)14(9)20-15(11)21-4-2-8(18)6-21;/h1,3,5,7-8H,2,4,6,18H2,(H,24,25);1H. The van der Waals surface area contributed by atoms with Gasteiger partial charge in [0, 0.05) is 25.2 Å². The second kappa shape index (κ2) is 6.97. The number of aromatic carboxylic acids is 1. The minimum atomic E-state index is -1.42. The van der Waals surface area contributed by atoms with E-state index in [-0.39, 0.29) is 41.2 Å². The number of fused-ring (bicyclic) bond motifs is 1. The van der Waals surface area contributed by atoms with Gasteiger partial charge in [0.1, 0.15) is 11.6 Å². The number of hydrogen-bond acceptors (Lipinski definition) is 6. The van der Waals surface area contributed by atoms with Crippen molar-refractivity contribution in [1.82, 2.24) is 14.7 Å². The first-order chi connectivity index (χ1) is 12.5. The first kappa shape index (κ1) is 18.8. The van der Waals surface area contributed by atoms with Gasteiger partial charge in [0.2, 0.25) is 11.3 Å². The lowest BCUT2D eigenvalue weighted by Gasteiger charge is -2.18. The quantitative estimate of drug-likeness (QED) is 0.484. The average Bonchev–Trinajstić information content (AvgIpc) is 3.26. The van der Waals surface area contributed by atoms with Gasteiger partial charge in [-0.05, 0) is 6.07 Å². The summed E-state index contributed by atoms with van der Waals surface area (Å²) in [6, 6.07) is 2.68. The zero-order chi connectivity index (χ0) is 18.4. The predicted octanol–water partition coefficient (Wildman–Crippen LogP) is -2.96. The Balaban J connectivity index is 0.00000210. The van der Waals surface area contributed by atoms with Crippen LogP contribution in [0.1, 0.15) is 16.8 Å². The first-order valence-corrected chi connectivity index (χ1v) is 7.94. The molecule has 4 heterocycles. The Morgan fingerprint density at radius 1 is 1.44 bits per heavy atom. The van der Waals surface area contributed by atoms with Crippen molar-refractivity contribution in [3.63, 3.8) is 0 Å². The van der Waals surface area contributed by atoms with Crippen molar-refractivity contribution in [1.29, 1.82) is 0 Å². The number of quaternary nitrogens is 1. The van der Waals surface area contributed by atoms with E-state index >= 15 is 0 Å². The third-order valence-electron chi connectivity index (χ3n) is 4.39. The average molecular weight is 396 g/mol. The fourth-order valence-electron chi connectivity index (χ4n) is 3.11. The summed E-state index contributed by atoms with van der Waals surface area (Å²) in [4.78, 5) is 29.9. The van der Waals surface area contributed by atoms with Gasteiger partial charge in [-0.3, -0.25) is 9.36 Å². The van der Waals surface area contributed by atoms with Crippen LogP contribution >= 0.6 is 0 Å². The lowest BCUT2D eigenvalue weighted by molar-refractivity contribution is -0.412. The molecule has 1 aliphatic rings. The van der Waals surface area contributed by atoms with Crippen LogP contribution in [0.25, 0.3) is 16.9 Å². The summed E-state index contributed by atoms with van der Waals surface area (Å²) in [6.07, 6.45) is 3.29. The molecule has 3 aromatic heterocycles. The van der Waals surface area contributed by atoms with Gasteiger partial charge < -0.3 is 32.7 Å². The van der Waals surface area contributed by atoms with Crippen LogP contribution in [0.4, 0.5) is 10.2 Å². The van der Waals surface area contributed by atoms with Gasteiger partial charge in [-0.1, -0.05) is 5.16 Å². The summed E-state index contributed by atoms with van der Waals surface area (Å²) in [5.74, 6) is -1.84. The Kier molecular flexibility index (Phi) is 4.85. The van der Waals surface area contributed by atoms with Crippen LogP contribution in [-0.2, 0) is 0 Å². The van der Waals surface area contributed by atoms with Gasteiger partial charge in [0.15, 0.2) is 17.3 Å². The second-order valence-electron chi connectivity index (χ2n) is 6.16. The van der Waals surface area contributed by atoms with Crippen molar-refractivity contribution < 1.29 is 37.0 Å². The van der Waals surface area contributed by atoms with Crippen molar-refractivity contribution in [2.45, 2.75) is 12.5 Å². The highest BCUT2D eigenvalue weighted by Crippen LogP contribution is 2.25. The van der Waals surface area contributed by atoms with Gasteiger partial charge in [-0.25, -0.2) is 14.2 Å². The fraction of sp³-hybridized carbons (Fsp3) is 0.250. The van der Waals surface area contributed by atoms with Crippen molar-refractivity contribution in [3.8, 4) is 5.88 Å². The van der Waals surface area contributed by atoms with E-state index in [1.807, 2.05) is 0 Å². The molecule has 4 rings (SSSR count). The number of carboxylic acids is 1. The number of pyridine rings is 2. The van der Waals surface area contributed by atoms with Crippen LogP contribution in [0.2, 0.25) is 0 Å². The number of nitrogens with zero attached hydrogens (tertiary/aromatic N) is 4. The van der Waals surface area contributed by atoms with Crippen LogP contribution in [-0.4, -0.2) is 44.9 Å². The van der Waals surface area contributed by atoms with Gasteiger partial charge in [-0.2, -0.15) is 0 Å². The molecule has 3 aromatic rings. The summed E-state index contributed by atoms with van der Waals surface area (Å²) in [5, 5.41) is 12.7. The van der Waals surface area contributed by atoms with E-state index in [4.69, 9.17) is 4.52 Å². The molecule has 0 radical (unpaired) electrons. The van der Waals surface area contributed by atoms with Crippen molar-refractivity contribution >= 4 is 22.8 Å². The number of rotatable bonds is 3. The zero-order valence-electron chi connectivity index (χ0n) is 13.9. The number of anilines is 1. The first-order valence-electron chi connectivity index (χ1n) is 7.94. The molecule has 0 amide bonds. The van der Waals surface area contributed by atoms with E-state index in [0.29, 0.717) is 13.1 Å². The van der Waals surface area contributed by atoms with Crippen LogP contribution in [0.3, 0.4) is 0 Å². The molecule has 0 spiro atoms. The molecule has 0 saturated carbocycles. The minimum Gasteiger partial charge on any atom is -1.00 e.